The Labute approximate surface area is 68.4 Å². The molecule has 0 aromatic carbocycles. The van der Waals surface area contributed by atoms with Crippen LogP contribution in [0.15, 0.2) is 0 Å². The molecule has 0 fully saturated rings. The number of hydrogen-bond acceptors (Lipinski definition) is 3. The first-order valence-corrected chi connectivity index (χ1v) is 4.23. The maximum absolute atomic E-state index is 9.12. The van der Waals surface area contributed by atoms with Gasteiger partial charge < -0.3 is 15.5 Å². The zero-order chi connectivity index (χ0) is 8.69. The van der Waals surface area contributed by atoms with E-state index in [1.807, 2.05) is 6.92 Å². The van der Waals surface area contributed by atoms with Crippen LogP contribution in [0.25, 0.3) is 0 Å². The lowest BCUT2D eigenvalue weighted by Crippen LogP contribution is -2.27. The highest BCUT2D eigenvalue weighted by atomic mass is 16.3. The van der Waals surface area contributed by atoms with Crippen molar-refractivity contribution in [2.24, 2.45) is 0 Å². The van der Waals surface area contributed by atoms with Gasteiger partial charge in [-0.1, -0.05) is 6.92 Å². The highest BCUT2D eigenvalue weighted by Crippen LogP contribution is 1.93. The predicted octanol–water partition coefficient (Wildman–Crippen LogP) is 0.118. The van der Waals surface area contributed by atoms with Gasteiger partial charge in [0.25, 0.3) is 0 Å². The molecule has 0 spiro atoms. The summed E-state index contributed by atoms with van der Waals surface area (Å²) in [5.74, 6) is 0. The second-order valence-electron chi connectivity index (χ2n) is 2.90. The average Bonchev–Trinajstić information content (AvgIpc) is 1.97. The maximum atomic E-state index is 9.12. The second kappa shape index (κ2) is 6.58. The molecule has 0 rings (SSSR count). The van der Waals surface area contributed by atoms with Crippen LogP contribution in [0.5, 0.6) is 0 Å². The Morgan fingerprint density at radius 3 is 2.45 bits per heavy atom. The van der Waals surface area contributed by atoms with Crippen LogP contribution in [0.1, 0.15) is 26.7 Å². The van der Waals surface area contributed by atoms with Crippen molar-refractivity contribution >= 4 is 0 Å². The summed E-state index contributed by atoms with van der Waals surface area (Å²) in [6, 6.07) is 0. The van der Waals surface area contributed by atoms with Crippen molar-refractivity contribution in [2.75, 3.05) is 13.1 Å². The summed E-state index contributed by atoms with van der Waals surface area (Å²) >= 11 is 0. The topological polar surface area (TPSA) is 52.5 Å². The number of rotatable bonds is 6. The first-order chi connectivity index (χ1) is 5.16. The Kier molecular flexibility index (Phi) is 6.51. The minimum absolute atomic E-state index is 0.198. The lowest BCUT2D eigenvalue weighted by molar-refractivity contribution is 0.153. The Morgan fingerprint density at radius 2 is 2.00 bits per heavy atom. The lowest BCUT2D eigenvalue weighted by atomic mass is 10.2. The van der Waals surface area contributed by atoms with E-state index in [4.69, 9.17) is 10.2 Å². The van der Waals surface area contributed by atoms with Crippen LogP contribution in [-0.2, 0) is 0 Å². The molecular formula is C8H19NO2. The summed E-state index contributed by atoms with van der Waals surface area (Å²) in [6.45, 7) is 5.08. The first kappa shape index (κ1) is 10.9. The number of hydrogen-bond donors (Lipinski definition) is 3. The van der Waals surface area contributed by atoms with E-state index in [-0.39, 0.29) is 12.2 Å². The molecule has 3 N–H and O–H groups in total. The first-order valence-electron chi connectivity index (χ1n) is 4.23. The Bertz CT molecular complexity index is 86.2. The van der Waals surface area contributed by atoms with Crippen molar-refractivity contribution in [1.29, 1.82) is 0 Å². The van der Waals surface area contributed by atoms with E-state index in [1.165, 1.54) is 0 Å². The van der Waals surface area contributed by atoms with Crippen LogP contribution in [0.4, 0.5) is 0 Å². The summed E-state index contributed by atoms with van der Waals surface area (Å²) in [5, 5.41) is 21.0. The van der Waals surface area contributed by atoms with Gasteiger partial charge in [0.1, 0.15) is 0 Å². The van der Waals surface area contributed by atoms with Crippen molar-refractivity contribution in [3.63, 3.8) is 0 Å². The van der Waals surface area contributed by atoms with Gasteiger partial charge in [0.15, 0.2) is 0 Å². The molecule has 3 nitrogen and oxygen atoms in total. The SMILES string of the molecule is CCC(O)CCNC[C@@H](C)O. The molecule has 11 heavy (non-hydrogen) atoms. The van der Waals surface area contributed by atoms with Crippen LogP contribution in [0.3, 0.4) is 0 Å². The van der Waals surface area contributed by atoms with E-state index >= 15 is 0 Å². The van der Waals surface area contributed by atoms with Gasteiger partial charge in [0.05, 0.1) is 12.2 Å². The van der Waals surface area contributed by atoms with E-state index < -0.39 is 0 Å². The predicted molar refractivity (Wildman–Crippen MR) is 45.5 cm³/mol. The van der Waals surface area contributed by atoms with Gasteiger partial charge >= 0.3 is 0 Å². The number of aliphatic hydroxyl groups excluding tert-OH is 2. The molecule has 0 saturated heterocycles. The van der Waals surface area contributed by atoms with Crippen LogP contribution in [0.2, 0.25) is 0 Å². The fraction of sp³-hybridized carbons (Fsp3) is 1.00. The summed E-state index contributed by atoms with van der Waals surface area (Å²) in [4.78, 5) is 0. The zero-order valence-corrected chi connectivity index (χ0v) is 7.38. The van der Waals surface area contributed by atoms with Gasteiger partial charge in [-0.25, -0.2) is 0 Å². The number of aliphatic hydroxyl groups is 2. The molecule has 0 bridgehead atoms. The van der Waals surface area contributed by atoms with Gasteiger partial charge in [-0.3, -0.25) is 0 Å². The molecule has 0 radical (unpaired) electrons. The standard InChI is InChI=1S/C8H19NO2/c1-3-8(11)4-5-9-6-7(2)10/h7-11H,3-6H2,1-2H3/t7-,8?/m1/s1. The molecule has 3 heteroatoms. The molecule has 2 atom stereocenters. The van der Waals surface area contributed by atoms with E-state index in [9.17, 15) is 0 Å². The molecule has 0 amide bonds. The minimum atomic E-state index is -0.297. The normalized spacial score (nSPS) is 16.4. The van der Waals surface area contributed by atoms with Gasteiger partial charge in [-0.2, -0.15) is 0 Å². The molecule has 0 aromatic rings. The third-order valence-corrected chi connectivity index (χ3v) is 1.57. The molecule has 0 saturated carbocycles. The quantitative estimate of drug-likeness (QED) is 0.485. The average molecular weight is 161 g/mol. The smallest absolute Gasteiger partial charge is 0.0636 e. The Hall–Kier alpha value is -0.120. The maximum Gasteiger partial charge on any atom is 0.0636 e. The molecule has 0 aliphatic rings. The van der Waals surface area contributed by atoms with Crippen LogP contribution >= 0.6 is 0 Å². The van der Waals surface area contributed by atoms with Gasteiger partial charge in [0, 0.05) is 6.54 Å². The van der Waals surface area contributed by atoms with E-state index in [0.717, 1.165) is 19.4 Å². The van der Waals surface area contributed by atoms with Crippen molar-refractivity contribution in [2.45, 2.75) is 38.9 Å². The zero-order valence-electron chi connectivity index (χ0n) is 7.38. The summed E-state index contributed by atoms with van der Waals surface area (Å²) in [6.07, 6.45) is 1.07. The second-order valence-corrected chi connectivity index (χ2v) is 2.90. The van der Waals surface area contributed by atoms with E-state index in [2.05, 4.69) is 5.32 Å². The van der Waals surface area contributed by atoms with E-state index in [1.54, 1.807) is 6.92 Å². The Morgan fingerprint density at radius 1 is 1.36 bits per heavy atom. The Balaban J connectivity index is 3.01. The molecule has 0 aliphatic heterocycles. The third-order valence-electron chi connectivity index (χ3n) is 1.57. The highest BCUT2D eigenvalue weighted by molar-refractivity contribution is 4.57. The van der Waals surface area contributed by atoms with E-state index in [0.29, 0.717) is 6.54 Å². The van der Waals surface area contributed by atoms with Crippen LogP contribution < -0.4 is 5.32 Å². The van der Waals surface area contributed by atoms with Crippen molar-refractivity contribution in [1.82, 2.24) is 5.32 Å². The minimum Gasteiger partial charge on any atom is -0.393 e. The molecular weight excluding hydrogens is 142 g/mol. The van der Waals surface area contributed by atoms with Crippen molar-refractivity contribution < 1.29 is 10.2 Å². The van der Waals surface area contributed by atoms with Crippen molar-refractivity contribution in [3.8, 4) is 0 Å². The molecule has 1 unspecified atom stereocenters. The molecule has 68 valence electrons. The van der Waals surface area contributed by atoms with Gasteiger partial charge in [-0.15, -0.1) is 0 Å². The van der Waals surface area contributed by atoms with Crippen LogP contribution in [0, 0.1) is 0 Å². The van der Waals surface area contributed by atoms with Gasteiger partial charge in [0.2, 0.25) is 0 Å². The molecule has 0 heterocycles. The largest absolute Gasteiger partial charge is 0.393 e. The highest BCUT2D eigenvalue weighted by Gasteiger charge is 1.99. The summed E-state index contributed by atoms with van der Waals surface area (Å²) in [5.41, 5.74) is 0. The van der Waals surface area contributed by atoms with Gasteiger partial charge in [-0.05, 0) is 26.3 Å². The fourth-order valence-electron chi connectivity index (χ4n) is 0.784. The molecule has 0 aromatic heterocycles. The lowest BCUT2D eigenvalue weighted by Gasteiger charge is -2.09. The summed E-state index contributed by atoms with van der Waals surface area (Å²) < 4.78 is 0. The van der Waals surface area contributed by atoms with Crippen LogP contribution in [-0.4, -0.2) is 35.5 Å². The summed E-state index contributed by atoms with van der Waals surface area (Å²) in [7, 11) is 0. The third kappa shape index (κ3) is 7.78. The fourth-order valence-corrected chi connectivity index (χ4v) is 0.784. The number of nitrogens with one attached hydrogen (secondary N) is 1. The molecule has 0 aliphatic carbocycles. The van der Waals surface area contributed by atoms with Crippen molar-refractivity contribution in [3.05, 3.63) is 0 Å². The monoisotopic (exact) mass is 161 g/mol.